The first-order valence-corrected chi connectivity index (χ1v) is 7.23. The van der Waals surface area contributed by atoms with Crippen LogP contribution in [0.25, 0.3) is 5.69 Å². The highest BCUT2D eigenvalue weighted by molar-refractivity contribution is 5.89. The van der Waals surface area contributed by atoms with Gasteiger partial charge in [0.1, 0.15) is 11.5 Å². The molecule has 0 saturated heterocycles. The van der Waals surface area contributed by atoms with Gasteiger partial charge in [-0.2, -0.15) is 10.1 Å². The van der Waals surface area contributed by atoms with Crippen LogP contribution in [0.1, 0.15) is 33.5 Å². The maximum absolute atomic E-state index is 14.3. The lowest BCUT2D eigenvalue weighted by molar-refractivity contribution is 0.0429. The molecule has 124 valence electrons. The van der Waals surface area contributed by atoms with Gasteiger partial charge in [0.15, 0.2) is 12.4 Å². The Labute approximate surface area is 137 Å². The summed E-state index contributed by atoms with van der Waals surface area (Å²) in [5, 5.41) is 7.82. The maximum atomic E-state index is 14.3. The monoisotopic (exact) mass is 330 g/mol. The number of esters is 1. The third kappa shape index (κ3) is 3.17. The van der Waals surface area contributed by atoms with E-state index in [4.69, 9.17) is 9.26 Å². The van der Waals surface area contributed by atoms with E-state index in [9.17, 15) is 9.18 Å². The predicted octanol–water partition coefficient (Wildman–Crippen LogP) is 2.68. The lowest BCUT2D eigenvalue weighted by Crippen LogP contribution is -2.08. The van der Waals surface area contributed by atoms with Gasteiger partial charge in [-0.1, -0.05) is 5.16 Å². The van der Waals surface area contributed by atoms with Crippen molar-refractivity contribution in [3.05, 3.63) is 58.7 Å². The Bertz CT molecular complexity index is 901. The average molecular weight is 330 g/mol. The van der Waals surface area contributed by atoms with Gasteiger partial charge < -0.3 is 9.26 Å². The largest absolute Gasteiger partial charge is 0.452 e. The number of benzene rings is 1. The van der Waals surface area contributed by atoms with Gasteiger partial charge in [0.25, 0.3) is 5.89 Å². The lowest BCUT2D eigenvalue weighted by Gasteiger charge is -2.08. The Hall–Kier alpha value is -3.03. The fraction of sp³-hybridized carbons (Fsp3) is 0.250. The molecule has 0 radical (unpaired) electrons. The van der Waals surface area contributed by atoms with Gasteiger partial charge in [0.2, 0.25) is 0 Å². The molecular formula is C16H15FN4O3. The zero-order chi connectivity index (χ0) is 17.3. The first kappa shape index (κ1) is 15.9. The van der Waals surface area contributed by atoms with Crippen LogP contribution in [-0.2, 0) is 11.3 Å². The number of carbonyl (C=O) groups excluding carboxylic acids is 1. The highest BCUT2D eigenvalue weighted by atomic mass is 19.1. The fourth-order valence-electron chi connectivity index (χ4n) is 2.29. The second-order valence-electron chi connectivity index (χ2n) is 5.32. The number of nitrogens with zero attached hydrogens (tertiary/aromatic N) is 4. The van der Waals surface area contributed by atoms with E-state index >= 15 is 0 Å². The molecule has 24 heavy (non-hydrogen) atoms. The minimum atomic E-state index is -0.676. The molecule has 0 fully saturated rings. The van der Waals surface area contributed by atoms with Crippen LogP contribution in [0.15, 0.2) is 28.8 Å². The number of aromatic nitrogens is 4. The van der Waals surface area contributed by atoms with Gasteiger partial charge in [0, 0.05) is 5.69 Å². The molecule has 0 aliphatic carbocycles. The van der Waals surface area contributed by atoms with E-state index in [0.29, 0.717) is 5.82 Å². The number of ether oxygens (including phenoxy) is 1. The molecular weight excluding hydrogens is 315 g/mol. The first-order chi connectivity index (χ1) is 11.4. The number of hydrogen-bond donors (Lipinski definition) is 0. The van der Waals surface area contributed by atoms with Crippen molar-refractivity contribution in [3.8, 4) is 5.69 Å². The fourth-order valence-corrected chi connectivity index (χ4v) is 2.29. The van der Waals surface area contributed by atoms with Crippen LogP contribution < -0.4 is 0 Å². The molecule has 0 amide bonds. The van der Waals surface area contributed by atoms with E-state index in [-0.39, 0.29) is 23.7 Å². The standard InChI is InChI=1S/C16H15FN4O3/c1-9-6-10(2)21(19-9)14-5-4-12(7-13(14)17)16(22)23-8-15-18-11(3)20-24-15/h4-7H,8H2,1-3H3. The molecule has 0 bridgehead atoms. The molecule has 0 unspecified atom stereocenters. The molecule has 0 saturated carbocycles. The Morgan fingerprint density at radius 2 is 2.08 bits per heavy atom. The second-order valence-corrected chi connectivity index (χ2v) is 5.32. The summed E-state index contributed by atoms with van der Waals surface area (Å²) in [6, 6.07) is 5.93. The maximum Gasteiger partial charge on any atom is 0.338 e. The van der Waals surface area contributed by atoms with Crippen molar-refractivity contribution in [3.63, 3.8) is 0 Å². The van der Waals surface area contributed by atoms with Crippen LogP contribution in [0.3, 0.4) is 0 Å². The van der Waals surface area contributed by atoms with Crippen LogP contribution in [-0.4, -0.2) is 25.9 Å². The van der Waals surface area contributed by atoms with Gasteiger partial charge in [-0.25, -0.2) is 13.9 Å². The molecule has 2 heterocycles. The van der Waals surface area contributed by atoms with Gasteiger partial charge in [-0.3, -0.25) is 0 Å². The van der Waals surface area contributed by atoms with Crippen LogP contribution >= 0.6 is 0 Å². The Kier molecular flexibility index (Phi) is 4.11. The van der Waals surface area contributed by atoms with Crippen LogP contribution in [0.2, 0.25) is 0 Å². The van der Waals surface area contributed by atoms with E-state index in [0.717, 1.165) is 17.5 Å². The molecule has 0 atom stereocenters. The lowest BCUT2D eigenvalue weighted by atomic mass is 10.2. The summed E-state index contributed by atoms with van der Waals surface area (Å²) in [5.41, 5.74) is 1.94. The van der Waals surface area contributed by atoms with E-state index in [1.165, 1.54) is 16.8 Å². The van der Waals surface area contributed by atoms with Gasteiger partial charge in [0.05, 0.1) is 11.3 Å². The minimum Gasteiger partial charge on any atom is -0.452 e. The molecule has 0 N–H and O–H groups in total. The number of carbonyl (C=O) groups is 1. The van der Waals surface area contributed by atoms with Gasteiger partial charge in [-0.05, 0) is 45.0 Å². The highest BCUT2D eigenvalue weighted by Crippen LogP contribution is 2.18. The predicted molar refractivity (Wildman–Crippen MR) is 81.2 cm³/mol. The summed E-state index contributed by atoms with van der Waals surface area (Å²) in [5.74, 6) is -0.615. The molecule has 3 aromatic rings. The summed E-state index contributed by atoms with van der Waals surface area (Å²) >= 11 is 0. The summed E-state index contributed by atoms with van der Waals surface area (Å²) in [6.45, 7) is 5.14. The SMILES string of the molecule is Cc1cc(C)n(-c2ccc(C(=O)OCc3nc(C)no3)cc2F)n1. The van der Waals surface area contributed by atoms with Crippen molar-refractivity contribution in [1.29, 1.82) is 0 Å². The van der Waals surface area contributed by atoms with Crippen LogP contribution in [0, 0.1) is 26.6 Å². The Morgan fingerprint density at radius 1 is 1.29 bits per heavy atom. The van der Waals surface area contributed by atoms with E-state index < -0.39 is 11.8 Å². The number of aryl methyl sites for hydroxylation is 3. The number of rotatable bonds is 4. The van der Waals surface area contributed by atoms with Crippen molar-refractivity contribution in [2.24, 2.45) is 0 Å². The van der Waals surface area contributed by atoms with Gasteiger partial charge >= 0.3 is 5.97 Å². The van der Waals surface area contributed by atoms with E-state index in [2.05, 4.69) is 15.2 Å². The Balaban J connectivity index is 1.76. The van der Waals surface area contributed by atoms with Crippen molar-refractivity contribution in [2.45, 2.75) is 27.4 Å². The molecule has 0 aliphatic heterocycles. The first-order valence-electron chi connectivity index (χ1n) is 7.23. The van der Waals surface area contributed by atoms with Crippen LogP contribution in [0.4, 0.5) is 4.39 Å². The molecule has 7 nitrogen and oxygen atoms in total. The normalized spacial score (nSPS) is 10.8. The molecule has 0 spiro atoms. The third-order valence-corrected chi connectivity index (χ3v) is 3.32. The highest BCUT2D eigenvalue weighted by Gasteiger charge is 2.15. The zero-order valence-electron chi connectivity index (χ0n) is 13.4. The molecule has 2 aromatic heterocycles. The Morgan fingerprint density at radius 3 is 2.67 bits per heavy atom. The third-order valence-electron chi connectivity index (χ3n) is 3.32. The average Bonchev–Trinajstić information content (AvgIpc) is 3.10. The van der Waals surface area contributed by atoms with Crippen molar-refractivity contribution in [1.82, 2.24) is 19.9 Å². The molecule has 3 rings (SSSR count). The summed E-state index contributed by atoms with van der Waals surface area (Å²) < 4.78 is 25.7. The van der Waals surface area contributed by atoms with Gasteiger partial charge in [-0.15, -0.1) is 0 Å². The quantitative estimate of drug-likeness (QED) is 0.684. The number of hydrogen-bond acceptors (Lipinski definition) is 6. The van der Waals surface area contributed by atoms with Crippen LogP contribution in [0.5, 0.6) is 0 Å². The molecule has 8 heteroatoms. The number of halogens is 1. The van der Waals surface area contributed by atoms with Crippen molar-refractivity contribution >= 4 is 5.97 Å². The van der Waals surface area contributed by atoms with E-state index in [1.807, 2.05) is 19.9 Å². The van der Waals surface area contributed by atoms with Crippen molar-refractivity contribution < 1.29 is 18.4 Å². The van der Waals surface area contributed by atoms with E-state index in [1.54, 1.807) is 6.92 Å². The summed E-state index contributed by atoms with van der Waals surface area (Å²) in [4.78, 5) is 15.9. The second kappa shape index (κ2) is 6.23. The topological polar surface area (TPSA) is 83.0 Å². The summed E-state index contributed by atoms with van der Waals surface area (Å²) in [6.07, 6.45) is 0. The molecule has 0 aliphatic rings. The smallest absolute Gasteiger partial charge is 0.338 e. The zero-order valence-corrected chi connectivity index (χ0v) is 13.4. The van der Waals surface area contributed by atoms with Crippen molar-refractivity contribution in [2.75, 3.05) is 0 Å². The minimum absolute atomic E-state index is 0.0917. The molecule has 1 aromatic carbocycles. The summed E-state index contributed by atoms with van der Waals surface area (Å²) in [7, 11) is 0.